The number of alkyl halides is 3. The molecule has 4 rings (SSSR count). The van der Waals surface area contributed by atoms with Crippen LogP contribution < -0.4 is 9.47 Å². The van der Waals surface area contributed by atoms with Gasteiger partial charge in [0.15, 0.2) is 0 Å². The molecule has 3 aromatic rings. The Morgan fingerprint density at radius 2 is 1.97 bits per heavy atom. The van der Waals surface area contributed by atoms with Crippen LogP contribution in [0.25, 0.3) is 11.4 Å². The zero-order valence-electron chi connectivity index (χ0n) is 16.3. The maximum atomic E-state index is 12.6. The molecular weight excluding hydrogens is 417 g/mol. The number of hydrogen-bond donors (Lipinski definition) is 0. The van der Waals surface area contributed by atoms with Crippen molar-refractivity contribution in [2.45, 2.75) is 18.7 Å². The highest BCUT2D eigenvalue weighted by molar-refractivity contribution is 5.94. The normalized spacial score (nSPS) is 16.4. The lowest BCUT2D eigenvalue weighted by atomic mass is 10.2. The Kier molecular flexibility index (Phi) is 5.49. The maximum Gasteiger partial charge on any atom is 0.471 e. The van der Waals surface area contributed by atoms with E-state index in [1.165, 1.54) is 13.3 Å². The maximum absolute atomic E-state index is 12.6. The zero-order chi connectivity index (χ0) is 22.0. The van der Waals surface area contributed by atoms with Crippen molar-refractivity contribution in [1.82, 2.24) is 20.0 Å². The molecule has 1 aliphatic heterocycles. The SMILES string of the molecule is COc1ccc(C(=O)N2CCC(Oc3ccc(-c4noc(C(F)(F)F)n4)cc3)C2)cn1. The van der Waals surface area contributed by atoms with Crippen LogP contribution in [0.1, 0.15) is 22.7 Å². The first-order valence-corrected chi connectivity index (χ1v) is 9.31. The van der Waals surface area contributed by atoms with E-state index in [0.717, 1.165) is 0 Å². The Bertz CT molecular complexity index is 1050. The summed E-state index contributed by atoms with van der Waals surface area (Å²) < 4.78 is 52.9. The van der Waals surface area contributed by atoms with Crippen molar-refractivity contribution in [2.75, 3.05) is 20.2 Å². The summed E-state index contributed by atoms with van der Waals surface area (Å²) in [7, 11) is 1.50. The van der Waals surface area contributed by atoms with E-state index in [1.54, 1.807) is 41.3 Å². The molecule has 162 valence electrons. The van der Waals surface area contributed by atoms with E-state index >= 15 is 0 Å². The van der Waals surface area contributed by atoms with Crippen molar-refractivity contribution in [3.8, 4) is 23.0 Å². The number of rotatable bonds is 5. The molecule has 1 fully saturated rings. The predicted molar refractivity (Wildman–Crippen MR) is 100 cm³/mol. The lowest BCUT2D eigenvalue weighted by Gasteiger charge is -2.17. The van der Waals surface area contributed by atoms with Gasteiger partial charge < -0.3 is 18.9 Å². The summed E-state index contributed by atoms with van der Waals surface area (Å²) >= 11 is 0. The van der Waals surface area contributed by atoms with Crippen LogP contribution in [0.5, 0.6) is 11.6 Å². The van der Waals surface area contributed by atoms with E-state index in [0.29, 0.717) is 42.3 Å². The number of amides is 1. The van der Waals surface area contributed by atoms with Crippen molar-refractivity contribution in [1.29, 1.82) is 0 Å². The number of halogens is 3. The van der Waals surface area contributed by atoms with Crippen LogP contribution >= 0.6 is 0 Å². The number of ether oxygens (including phenoxy) is 2. The first-order valence-electron chi connectivity index (χ1n) is 9.31. The molecule has 3 heterocycles. The second-order valence-electron chi connectivity index (χ2n) is 6.81. The average Bonchev–Trinajstić information content (AvgIpc) is 3.44. The molecule has 0 saturated carbocycles. The number of methoxy groups -OCH3 is 1. The van der Waals surface area contributed by atoms with Crippen molar-refractivity contribution >= 4 is 5.91 Å². The Morgan fingerprint density at radius 1 is 1.19 bits per heavy atom. The quantitative estimate of drug-likeness (QED) is 0.608. The van der Waals surface area contributed by atoms with Gasteiger partial charge in [-0.15, -0.1) is 0 Å². The molecule has 0 aliphatic carbocycles. The summed E-state index contributed by atoms with van der Waals surface area (Å²) in [4.78, 5) is 21.7. The largest absolute Gasteiger partial charge is 0.489 e. The summed E-state index contributed by atoms with van der Waals surface area (Å²) in [5, 5.41) is 3.35. The highest BCUT2D eigenvalue weighted by atomic mass is 19.4. The van der Waals surface area contributed by atoms with Crippen LogP contribution in [-0.2, 0) is 6.18 Å². The molecule has 1 saturated heterocycles. The fraction of sp³-hybridized carbons (Fsp3) is 0.300. The Labute approximate surface area is 174 Å². The van der Waals surface area contributed by atoms with Gasteiger partial charge in [-0.3, -0.25) is 4.79 Å². The Hall–Kier alpha value is -3.63. The fourth-order valence-electron chi connectivity index (χ4n) is 3.15. The van der Waals surface area contributed by atoms with Gasteiger partial charge in [-0.1, -0.05) is 5.16 Å². The van der Waals surface area contributed by atoms with Gasteiger partial charge in [-0.25, -0.2) is 4.98 Å². The molecule has 1 unspecified atom stereocenters. The monoisotopic (exact) mass is 434 g/mol. The van der Waals surface area contributed by atoms with Gasteiger partial charge in [-0.05, 0) is 30.3 Å². The Balaban J connectivity index is 1.35. The first kappa shape index (κ1) is 20.6. The molecule has 0 spiro atoms. The molecule has 1 atom stereocenters. The molecule has 0 bridgehead atoms. The van der Waals surface area contributed by atoms with Crippen molar-refractivity contribution in [3.05, 3.63) is 54.0 Å². The lowest BCUT2D eigenvalue weighted by molar-refractivity contribution is -0.159. The molecule has 0 radical (unpaired) electrons. The molecule has 1 aliphatic rings. The number of pyridine rings is 1. The molecule has 11 heteroatoms. The van der Waals surface area contributed by atoms with Crippen LogP contribution in [0, 0.1) is 0 Å². The minimum atomic E-state index is -4.69. The molecule has 31 heavy (non-hydrogen) atoms. The van der Waals surface area contributed by atoms with Crippen molar-refractivity contribution in [3.63, 3.8) is 0 Å². The number of benzene rings is 1. The minimum absolute atomic E-state index is 0.144. The highest BCUT2D eigenvalue weighted by Crippen LogP contribution is 2.30. The van der Waals surface area contributed by atoms with Gasteiger partial charge in [0.1, 0.15) is 11.9 Å². The van der Waals surface area contributed by atoms with Crippen molar-refractivity contribution in [2.24, 2.45) is 0 Å². The number of hydrogen-bond acceptors (Lipinski definition) is 7. The summed E-state index contributed by atoms with van der Waals surface area (Å²) in [6, 6.07) is 9.58. The lowest BCUT2D eigenvalue weighted by Crippen LogP contribution is -2.31. The van der Waals surface area contributed by atoms with E-state index in [2.05, 4.69) is 19.6 Å². The van der Waals surface area contributed by atoms with E-state index in [-0.39, 0.29) is 17.8 Å². The van der Waals surface area contributed by atoms with Crippen LogP contribution in [-0.4, -0.2) is 52.2 Å². The summed E-state index contributed by atoms with van der Waals surface area (Å²) in [6.07, 6.45) is -2.78. The Morgan fingerprint density at radius 3 is 2.58 bits per heavy atom. The topological polar surface area (TPSA) is 90.6 Å². The third-order valence-corrected chi connectivity index (χ3v) is 4.71. The number of nitrogens with zero attached hydrogens (tertiary/aromatic N) is 4. The predicted octanol–water partition coefficient (Wildman–Crippen LogP) is 3.45. The summed E-state index contributed by atoms with van der Waals surface area (Å²) in [6.45, 7) is 0.948. The van der Waals surface area contributed by atoms with Crippen LogP contribution in [0.15, 0.2) is 47.1 Å². The molecule has 1 amide bonds. The number of aromatic nitrogens is 3. The van der Waals surface area contributed by atoms with E-state index in [4.69, 9.17) is 9.47 Å². The second kappa shape index (κ2) is 8.25. The van der Waals surface area contributed by atoms with Crippen LogP contribution in [0.4, 0.5) is 13.2 Å². The fourth-order valence-corrected chi connectivity index (χ4v) is 3.15. The van der Waals surface area contributed by atoms with Crippen LogP contribution in [0.3, 0.4) is 0 Å². The third-order valence-electron chi connectivity index (χ3n) is 4.71. The van der Waals surface area contributed by atoms with Gasteiger partial charge in [0, 0.05) is 30.8 Å². The average molecular weight is 434 g/mol. The molecule has 0 N–H and O–H groups in total. The third kappa shape index (κ3) is 4.60. The summed E-state index contributed by atoms with van der Waals surface area (Å²) in [5.41, 5.74) is 0.825. The molecule has 8 nitrogen and oxygen atoms in total. The van der Waals surface area contributed by atoms with Gasteiger partial charge in [0.2, 0.25) is 11.7 Å². The van der Waals surface area contributed by atoms with E-state index in [9.17, 15) is 18.0 Å². The van der Waals surface area contributed by atoms with Gasteiger partial charge >= 0.3 is 12.1 Å². The standard InChI is InChI=1S/C20H17F3N4O4/c1-29-16-7-4-13(10-24-16)18(28)27-9-8-15(11-27)30-14-5-2-12(3-6-14)17-25-19(31-26-17)20(21,22)23/h2-7,10,15H,8-9,11H2,1H3. The molecule has 1 aromatic carbocycles. The van der Waals surface area contributed by atoms with Crippen LogP contribution in [0.2, 0.25) is 0 Å². The van der Waals surface area contributed by atoms with Gasteiger partial charge in [0.05, 0.1) is 19.2 Å². The zero-order valence-corrected chi connectivity index (χ0v) is 16.3. The molecule has 2 aromatic heterocycles. The highest BCUT2D eigenvalue weighted by Gasteiger charge is 2.38. The second-order valence-corrected chi connectivity index (χ2v) is 6.81. The summed E-state index contributed by atoms with van der Waals surface area (Å²) in [5.74, 6) is -0.754. The first-order chi connectivity index (χ1) is 14.8. The number of carbonyl (C=O) groups is 1. The number of carbonyl (C=O) groups excluding carboxylic acids is 1. The van der Waals surface area contributed by atoms with E-state index in [1.807, 2.05) is 0 Å². The minimum Gasteiger partial charge on any atom is -0.489 e. The number of likely N-dealkylation sites (tertiary alicyclic amines) is 1. The van der Waals surface area contributed by atoms with Crippen molar-refractivity contribution < 1.29 is 32.0 Å². The van der Waals surface area contributed by atoms with Gasteiger partial charge in [0.25, 0.3) is 5.91 Å². The smallest absolute Gasteiger partial charge is 0.471 e. The molecular formula is C20H17F3N4O4. The van der Waals surface area contributed by atoms with Gasteiger partial charge in [-0.2, -0.15) is 18.2 Å². The van der Waals surface area contributed by atoms with E-state index < -0.39 is 12.1 Å².